The summed E-state index contributed by atoms with van der Waals surface area (Å²) in [4.78, 5) is 10.1. The Labute approximate surface area is 110 Å². The van der Waals surface area contributed by atoms with Crippen LogP contribution in [0.4, 0.5) is 0 Å². The van der Waals surface area contributed by atoms with E-state index < -0.39 is 5.41 Å². The molecule has 90 valence electrons. The predicted octanol–water partition coefficient (Wildman–Crippen LogP) is 3.46. The van der Waals surface area contributed by atoms with E-state index in [0.717, 1.165) is 25.0 Å². The molecule has 3 rings (SSSR count). The maximum Gasteiger partial charge on any atom is 0.149 e. The lowest BCUT2D eigenvalue weighted by atomic mass is 9.69. The van der Waals surface area contributed by atoms with E-state index in [1.54, 1.807) is 17.5 Å². The first kappa shape index (κ1) is 11.4. The van der Waals surface area contributed by atoms with Crippen molar-refractivity contribution >= 4 is 11.3 Å². The Balaban J connectivity index is 2.05. The van der Waals surface area contributed by atoms with Crippen molar-refractivity contribution in [3.8, 4) is 16.6 Å². The SMILES string of the molecule is Cc1ccsc1-c1ccnc(C2(C#N)CCC2)n1. The summed E-state index contributed by atoms with van der Waals surface area (Å²) < 4.78 is 0. The fourth-order valence-corrected chi connectivity index (χ4v) is 3.16. The van der Waals surface area contributed by atoms with Gasteiger partial charge in [0.1, 0.15) is 11.2 Å². The fourth-order valence-electron chi connectivity index (χ4n) is 2.27. The van der Waals surface area contributed by atoms with Gasteiger partial charge < -0.3 is 0 Å². The number of thiophene rings is 1. The first-order valence-electron chi connectivity index (χ1n) is 6.04. The first-order valence-corrected chi connectivity index (χ1v) is 6.92. The number of hydrogen-bond donors (Lipinski definition) is 0. The van der Waals surface area contributed by atoms with Crippen LogP contribution in [-0.2, 0) is 5.41 Å². The lowest BCUT2D eigenvalue weighted by Gasteiger charge is -2.33. The first-order chi connectivity index (χ1) is 8.75. The lowest BCUT2D eigenvalue weighted by Crippen LogP contribution is -2.34. The van der Waals surface area contributed by atoms with E-state index >= 15 is 0 Å². The van der Waals surface area contributed by atoms with Gasteiger partial charge in [-0.15, -0.1) is 11.3 Å². The number of hydrogen-bond acceptors (Lipinski definition) is 4. The van der Waals surface area contributed by atoms with Gasteiger partial charge in [0.25, 0.3) is 0 Å². The molecule has 0 radical (unpaired) electrons. The highest BCUT2D eigenvalue weighted by molar-refractivity contribution is 7.13. The molecular formula is C14H13N3S. The molecule has 1 fully saturated rings. The molecule has 0 bridgehead atoms. The van der Waals surface area contributed by atoms with Crippen molar-refractivity contribution in [3.05, 3.63) is 35.1 Å². The summed E-state index contributed by atoms with van der Waals surface area (Å²) in [5, 5.41) is 11.4. The minimum absolute atomic E-state index is 0.429. The van der Waals surface area contributed by atoms with Gasteiger partial charge in [-0.25, -0.2) is 9.97 Å². The van der Waals surface area contributed by atoms with Crippen LogP contribution in [0.1, 0.15) is 30.7 Å². The molecule has 2 aromatic heterocycles. The Kier molecular flexibility index (Phi) is 2.64. The minimum atomic E-state index is -0.429. The molecule has 0 N–H and O–H groups in total. The molecule has 0 saturated heterocycles. The molecule has 0 unspecified atom stereocenters. The molecule has 0 atom stereocenters. The summed E-state index contributed by atoms with van der Waals surface area (Å²) >= 11 is 1.68. The molecule has 4 heteroatoms. The van der Waals surface area contributed by atoms with E-state index in [4.69, 9.17) is 0 Å². The lowest BCUT2D eigenvalue weighted by molar-refractivity contribution is 0.307. The van der Waals surface area contributed by atoms with Crippen molar-refractivity contribution in [2.45, 2.75) is 31.6 Å². The monoisotopic (exact) mass is 255 g/mol. The standard InChI is InChI=1S/C14H13N3S/c1-10-4-8-18-12(10)11-3-7-16-13(17-11)14(9-15)5-2-6-14/h3-4,7-8H,2,5-6H2,1H3. The van der Waals surface area contributed by atoms with Crippen LogP contribution in [0.5, 0.6) is 0 Å². The molecule has 0 aromatic carbocycles. The minimum Gasteiger partial charge on any atom is -0.240 e. The summed E-state index contributed by atoms with van der Waals surface area (Å²) in [6, 6.07) is 6.41. The molecule has 3 nitrogen and oxygen atoms in total. The Morgan fingerprint density at radius 2 is 2.22 bits per heavy atom. The van der Waals surface area contributed by atoms with E-state index in [2.05, 4.69) is 34.4 Å². The van der Waals surface area contributed by atoms with Crippen molar-refractivity contribution in [1.82, 2.24) is 9.97 Å². The largest absolute Gasteiger partial charge is 0.240 e. The normalized spacial score (nSPS) is 16.9. The third-order valence-corrected chi connectivity index (χ3v) is 4.64. The molecule has 2 heterocycles. The Bertz CT molecular complexity index is 620. The number of aryl methyl sites for hydroxylation is 1. The Hall–Kier alpha value is -1.73. The molecule has 1 aliphatic rings. The van der Waals surface area contributed by atoms with Crippen LogP contribution in [0.3, 0.4) is 0 Å². The van der Waals surface area contributed by atoms with Gasteiger partial charge in [-0.1, -0.05) is 0 Å². The van der Waals surface area contributed by atoms with Crippen LogP contribution >= 0.6 is 11.3 Å². The van der Waals surface area contributed by atoms with Gasteiger partial charge in [-0.05, 0) is 49.3 Å². The predicted molar refractivity (Wildman–Crippen MR) is 71.2 cm³/mol. The number of aromatic nitrogens is 2. The van der Waals surface area contributed by atoms with E-state index in [0.29, 0.717) is 5.82 Å². The number of rotatable bonds is 2. The third-order valence-electron chi connectivity index (χ3n) is 3.60. The highest BCUT2D eigenvalue weighted by atomic mass is 32.1. The second-order valence-electron chi connectivity index (χ2n) is 4.75. The molecule has 0 aliphatic heterocycles. The van der Waals surface area contributed by atoms with Crippen molar-refractivity contribution < 1.29 is 0 Å². The zero-order valence-corrected chi connectivity index (χ0v) is 11.0. The molecule has 1 saturated carbocycles. The quantitative estimate of drug-likeness (QED) is 0.825. The van der Waals surface area contributed by atoms with Gasteiger partial charge in [-0.3, -0.25) is 0 Å². The van der Waals surface area contributed by atoms with Crippen LogP contribution in [-0.4, -0.2) is 9.97 Å². The second kappa shape index (κ2) is 4.18. The van der Waals surface area contributed by atoms with E-state index in [1.165, 1.54) is 10.4 Å². The van der Waals surface area contributed by atoms with Crippen LogP contribution in [0.15, 0.2) is 23.7 Å². The summed E-state index contributed by atoms with van der Waals surface area (Å²) in [5.41, 5.74) is 1.74. The summed E-state index contributed by atoms with van der Waals surface area (Å²) in [6.07, 6.45) is 4.64. The van der Waals surface area contributed by atoms with Crippen LogP contribution < -0.4 is 0 Å². The van der Waals surface area contributed by atoms with E-state index in [1.807, 2.05) is 6.07 Å². The van der Waals surface area contributed by atoms with Gasteiger partial charge in [0.15, 0.2) is 0 Å². The van der Waals surface area contributed by atoms with Gasteiger partial charge >= 0.3 is 0 Å². The number of nitriles is 1. The van der Waals surface area contributed by atoms with Crippen molar-refractivity contribution in [2.24, 2.45) is 0 Å². The Morgan fingerprint density at radius 3 is 2.78 bits per heavy atom. The van der Waals surface area contributed by atoms with E-state index in [9.17, 15) is 5.26 Å². The van der Waals surface area contributed by atoms with Crippen molar-refractivity contribution in [3.63, 3.8) is 0 Å². The summed E-state index contributed by atoms with van der Waals surface area (Å²) in [7, 11) is 0. The average molecular weight is 255 g/mol. The molecular weight excluding hydrogens is 242 g/mol. The van der Waals surface area contributed by atoms with Crippen molar-refractivity contribution in [1.29, 1.82) is 5.26 Å². The zero-order valence-electron chi connectivity index (χ0n) is 10.2. The van der Waals surface area contributed by atoms with Crippen LogP contribution in [0, 0.1) is 18.3 Å². The molecule has 0 spiro atoms. The van der Waals surface area contributed by atoms with Crippen LogP contribution in [0.25, 0.3) is 10.6 Å². The third kappa shape index (κ3) is 1.63. The average Bonchev–Trinajstić information content (AvgIpc) is 2.75. The van der Waals surface area contributed by atoms with Gasteiger partial charge in [0, 0.05) is 6.20 Å². The van der Waals surface area contributed by atoms with Crippen LogP contribution in [0.2, 0.25) is 0 Å². The summed E-state index contributed by atoms with van der Waals surface area (Å²) in [5.74, 6) is 0.696. The fraction of sp³-hybridized carbons (Fsp3) is 0.357. The zero-order chi connectivity index (χ0) is 12.6. The molecule has 0 amide bonds. The summed E-state index contributed by atoms with van der Waals surface area (Å²) in [6.45, 7) is 2.08. The highest BCUT2D eigenvalue weighted by Gasteiger charge is 2.41. The van der Waals surface area contributed by atoms with E-state index in [-0.39, 0.29) is 0 Å². The molecule has 18 heavy (non-hydrogen) atoms. The molecule has 2 aromatic rings. The number of nitrogens with zero attached hydrogens (tertiary/aromatic N) is 3. The van der Waals surface area contributed by atoms with Gasteiger partial charge in [0.2, 0.25) is 0 Å². The maximum absolute atomic E-state index is 9.34. The maximum atomic E-state index is 9.34. The van der Waals surface area contributed by atoms with Gasteiger partial charge in [-0.2, -0.15) is 5.26 Å². The Morgan fingerprint density at radius 1 is 1.39 bits per heavy atom. The van der Waals surface area contributed by atoms with Crippen molar-refractivity contribution in [2.75, 3.05) is 0 Å². The topological polar surface area (TPSA) is 49.6 Å². The second-order valence-corrected chi connectivity index (χ2v) is 5.66. The highest BCUT2D eigenvalue weighted by Crippen LogP contribution is 2.42. The molecule has 1 aliphatic carbocycles. The van der Waals surface area contributed by atoms with Gasteiger partial charge in [0.05, 0.1) is 16.6 Å². The smallest absolute Gasteiger partial charge is 0.149 e.